The van der Waals surface area contributed by atoms with Crippen molar-refractivity contribution in [3.8, 4) is 5.69 Å². The van der Waals surface area contributed by atoms with Gasteiger partial charge in [0.05, 0.1) is 29.2 Å². The van der Waals surface area contributed by atoms with Crippen molar-refractivity contribution in [3.63, 3.8) is 0 Å². The number of carbonyl (C=O) groups is 3. The number of carbonyl (C=O) groups excluding carboxylic acids is 3. The van der Waals surface area contributed by atoms with Gasteiger partial charge in [0.2, 0.25) is 5.91 Å². The lowest BCUT2D eigenvalue weighted by Crippen LogP contribution is -2.51. The molecule has 0 atom stereocenters. The molecule has 1 fully saturated rings. The summed E-state index contributed by atoms with van der Waals surface area (Å²) in [7, 11) is 0. The third-order valence-electron chi connectivity index (χ3n) is 8.90. The SMILES string of the molecule is CCc1nccn1-c1ccccc1C(=O)Nc1ccc(C(=O)N2CCCN(CC(=O)N3CCN(CC)CC3)c3ccccc32)cc1. The highest BCUT2D eigenvalue weighted by Gasteiger charge is 2.28. The largest absolute Gasteiger partial charge is 0.360 e. The summed E-state index contributed by atoms with van der Waals surface area (Å²) in [5, 5.41) is 2.98. The van der Waals surface area contributed by atoms with Crippen LogP contribution in [0.1, 0.15) is 46.8 Å². The summed E-state index contributed by atoms with van der Waals surface area (Å²) >= 11 is 0. The first kappa shape index (κ1) is 31.0. The van der Waals surface area contributed by atoms with Crippen LogP contribution in [0.2, 0.25) is 0 Å². The van der Waals surface area contributed by atoms with Crippen LogP contribution in [0.4, 0.5) is 17.1 Å². The van der Waals surface area contributed by atoms with Crippen LogP contribution in [-0.4, -0.2) is 89.4 Å². The predicted molar refractivity (Wildman–Crippen MR) is 181 cm³/mol. The zero-order chi connectivity index (χ0) is 32.0. The molecular formula is C36H41N7O3. The Kier molecular flexibility index (Phi) is 9.44. The molecule has 0 bridgehead atoms. The van der Waals surface area contributed by atoms with Crippen molar-refractivity contribution in [3.05, 3.63) is 102 Å². The van der Waals surface area contributed by atoms with Gasteiger partial charge >= 0.3 is 0 Å². The Morgan fingerprint density at radius 1 is 0.783 bits per heavy atom. The van der Waals surface area contributed by atoms with Crippen molar-refractivity contribution >= 4 is 34.8 Å². The maximum Gasteiger partial charge on any atom is 0.258 e. The minimum atomic E-state index is -0.242. The van der Waals surface area contributed by atoms with Crippen molar-refractivity contribution in [1.82, 2.24) is 19.4 Å². The van der Waals surface area contributed by atoms with Crippen molar-refractivity contribution in [1.29, 1.82) is 0 Å². The van der Waals surface area contributed by atoms with Crippen molar-refractivity contribution in [2.75, 3.05) is 67.5 Å². The Hall–Kier alpha value is -4.96. The second-order valence-corrected chi connectivity index (χ2v) is 11.7. The van der Waals surface area contributed by atoms with Crippen LogP contribution in [0, 0.1) is 0 Å². The number of rotatable bonds is 8. The van der Waals surface area contributed by atoms with Gasteiger partial charge in [-0.05, 0) is 61.5 Å². The van der Waals surface area contributed by atoms with E-state index in [9.17, 15) is 14.4 Å². The summed E-state index contributed by atoms with van der Waals surface area (Å²) in [6.07, 6.45) is 5.07. The number of hydrogen-bond acceptors (Lipinski definition) is 6. The first-order valence-electron chi connectivity index (χ1n) is 16.2. The number of anilines is 3. The van der Waals surface area contributed by atoms with E-state index in [0.29, 0.717) is 36.4 Å². The smallest absolute Gasteiger partial charge is 0.258 e. The third kappa shape index (κ3) is 6.53. The van der Waals surface area contributed by atoms with Crippen LogP contribution in [0.25, 0.3) is 5.69 Å². The lowest BCUT2D eigenvalue weighted by Gasteiger charge is -2.35. The molecule has 238 valence electrons. The molecule has 1 N–H and O–H groups in total. The van der Waals surface area contributed by atoms with Gasteiger partial charge in [-0.15, -0.1) is 0 Å². The second kappa shape index (κ2) is 14.0. The molecule has 2 aliphatic rings. The molecule has 0 unspecified atom stereocenters. The summed E-state index contributed by atoms with van der Waals surface area (Å²) in [6, 6.07) is 22.3. The summed E-state index contributed by atoms with van der Waals surface area (Å²) < 4.78 is 1.93. The fraction of sp³-hybridized carbons (Fsp3) is 0.333. The number of aryl methyl sites for hydroxylation is 1. The van der Waals surface area contributed by atoms with E-state index in [4.69, 9.17) is 0 Å². The second-order valence-electron chi connectivity index (χ2n) is 11.7. The van der Waals surface area contributed by atoms with Gasteiger partial charge in [-0.25, -0.2) is 4.98 Å². The zero-order valence-corrected chi connectivity index (χ0v) is 26.6. The molecule has 3 amide bonds. The topological polar surface area (TPSA) is 94.0 Å². The number of nitrogens with one attached hydrogen (secondary N) is 1. The fourth-order valence-electron chi connectivity index (χ4n) is 6.31. The van der Waals surface area contributed by atoms with Crippen LogP contribution >= 0.6 is 0 Å². The molecule has 6 rings (SSSR count). The normalized spacial score (nSPS) is 15.3. The first-order chi connectivity index (χ1) is 22.5. The van der Waals surface area contributed by atoms with Crippen LogP contribution in [0.5, 0.6) is 0 Å². The Morgan fingerprint density at radius 3 is 2.20 bits per heavy atom. The molecule has 1 aromatic heterocycles. The molecule has 0 saturated carbocycles. The molecular weight excluding hydrogens is 578 g/mol. The van der Waals surface area contributed by atoms with Gasteiger partial charge < -0.3 is 29.5 Å². The molecule has 0 spiro atoms. The first-order valence-corrected chi connectivity index (χ1v) is 16.2. The summed E-state index contributed by atoms with van der Waals surface area (Å²) in [6.45, 7) is 10.0. The van der Waals surface area contributed by atoms with Gasteiger partial charge in [0.15, 0.2) is 0 Å². The molecule has 0 aliphatic carbocycles. The summed E-state index contributed by atoms with van der Waals surface area (Å²) in [5.41, 5.74) is 4.10. The van der Waals surface area contributed by atoms with E-state index in [1.54, 1.807) is 41.4 Å². The third-order valence-corrected chi connectivity index (χ3v) is 8.90. The number of nitrogens with zero attached hydrogens (tertiary/aromatic N) is 6. The van der Waals surface area contributed by atoms with Gasteiger partial charge in [0, 0.05) is 69.3 Å². The summed E-state index contributed by atoms with van der Waals surface area (Å²) in [5.74, 6) is 0.639. The fourth-order valence-corrected chi connectivity index (χ4v) is 6.31. The van der Waals surface area contributed by atoms with E-state index in [2.05, 4.69) is 27.0 Å². The van der Waals surface area contributed by atoms with Crippen LogP contribution in [0.3, 0.4) is 0 Å². The van der Waals surface area contributed by atoms with Crippen LogP contribution in [0.15, 0.2) is 85.2 Å². The molecule has 0 radical (unpaired) electrons. The maximum atomic E-state index is 13.9. The Morgan fingerprint density at radius 2 is 1.48 bits per heavy atom. The number of para-hydroxylation sites is 3. The van der Waals surface area contributed by atoms with E-state index >= 15 is 0 Å². The van der Waals surface area contributed by atoms with Crippen molar-refractivity contribution < 1.29 is 14.4 Å². The zero-order valence-electron chi connectivity index (χ0n) is 26.6. The number of amides is 3. The van der Waals surface area contributed by atoms with E-state index in [1.165, 1.54) is 0 Å². The Balaban J connectivity index is 1.15. The van der Waals surface area contributed by atoms with Crippen molar-refractivity contribution in [2.24, 2.45) is 0 Å². The number of aromatic nitrogens is 2. The van der Waals surface area contributed by atoms with Gasteiger partial charge in [0.1, 0.15) is 5.82 Å². The quantitative estimate of drug-likeness (QED) is 0.307. The van der Waals surface area contributed by atoms with E-state index < -0.39 is 0 Å². The predicted octanol–water partition coefficient (Wildman–Crippen LogP) is 4.71. The van der Waals surface area contributed by atoms with Gasteiger partial charge in [-0.1, -0.05) is 38.1 Å². The monoisotopic (exact) mass is 619 g/mol. The van der Waals surface area contributed by atoms with E-state index in [-0.39, 0.29) is 17.7 Å². The molecule has 1 saturated heterocycles. The van der Waals surface area contributed by atoms with Gasteiger partial charge in [0.25, 0.3) is 11.8 Å². The van der Waals surface area contributed by atoms with E-state index in [0.717, 1.165) is 68.5 Å². The highest BCUT2D eigenvalue weighted by molar-refractivity contribution is 6.09. The molecule has 3 aromatic carbocycles. The average Bonchev–Trinajstić information content (AvgIpc) is 3.51. The Bertz CT molecular complexity index is 1690. The summed E-state index contributed by atoms with van der Waals surface area (Å²) in [4.78, 5) is 53.1. The highest BCUT2D eigenvalue weighted by Crippen LogP contribution is 2.33. The molecule has 10 nitrogen and oxygen atoms in total. The molecule has 4 aromatic rings. The van der Waals surface area contributed by atoms with Gasteiger partial charge in [-0.3, -0.25) is 14.4 Å². The van der Waals surface area contributed by atoms with Crippen molar-refractivity contribution in [2.45, 2.75) is 26.7 Å². The number of benzene rings is 3. The molecule has 2 aliphatic heterocycles. The van der Waals surface area contributed by atoms with E-state index in [1.807, 2.05) is 65.1 Å². The molecule has 10 heteroatoms. The standard InChI is InChI=1S/C36H41N7O3/c1-3-33-37-18-21-42(33)30-11-6-5-10-29(30)35(45)38-28-16-14-27(15-17-28)36(46)43-20-9-19-41(31-12-7-8-13-32(31)43)26-34(44)40-24-22-39(4-2)23-25-40/h5-8,10-18,21H,3-4,9,19-20,22-26H2,1-2H3,(H,38,45). The van der Waals surface area contributed by atoms with Crippen LogP contribution < -0.4 is 15.1 Å². The lowest BCUT2D eigenvalue weighted by atomic mass is 10.1. The number of hydrogen-bond donors (Lipinski definition) is 1. The van der Waals surface area contributed by atoms with Gasteiger partial charge in [-0.2, -0.15) is 0 Å². The number of imidazole rings is 1. The minimum Gasteiger partial charge on any atom is -0.360 e. The minimum absolute atomic E-state index is 0.119. The Labute approximate surface area is 270 Å². The van der Waals surface area contributed by atoms with Crippen LogP contribution in [-0.2, 0) is 11.2 Å². The molecule has 3 heterocycles. The average molecular weight is 620 g/mol. The maximum absolute atomic E-state index is 13.9. The number of likely N-dealkylation sites (N-methyl/N-ethyl adjacent to an activating group) is 1. The highest BCUT2D eigenvalue weighted by atomic mass is 16.2. The molecule has 46 heavy (non-hydrogen) atoms. The number of piperazine rings is 1. The number of fused-ring (bicyclic) bond motifs is 1. The lowest BCUT2D eigenvalue weighted by molar-refractivity contribution is -0.131.